The van der Waals surface area contributed by atoms with Crippen LogP contribution in [0.5, 0.6) is 0 Å². The van der Waals surface area contributed by atoms with Gasteiger partial charge in [-0.15, -0.1) is 0 Å². The first kappa shape index (κ1) is 12.6. The van der Waals surface area contributed by atoms with E-state index in [1.54, 1.807) is 0 Å². The van der Waals surface area contributed by atoms with Crippen LogP contribution in [0.2, 0.25) is 0 Å². The maximum absolute atomic E-state index is 5.43. The molecule has 1 saturated heterocycles. The van der Waals surface area contributed by atoms with Gasteiger partial charge in [-0.3, -0.25) is 0 Å². The van der Waals surface area contributed by atoms with Gasteiger partial charge in [0.1, 0.15) is 11.3 Å². The summed E-state index contributed by atoms with van der Waals surface area (Å²) in [5, 5.41) is 0. The standard InChI is InChI=1S/C15H21N3O/c1-2-8-18-14(11-12-5-9-19-10-6-12)17-13-4-3-7-16-15(13)18/h3-4,7,12H,2,5-6,8-11H2,1H3. The van der Waals surface area contributed by atoms with Crippen molar-refractivity contribution in [3.05, 3.63) is 24.2 Å². The highest BCUT2D eigenvalue weighted by molar-refractivity contribution is 5.71. The van der Waals surface area contributed by atoms with Crippen LogP contribution in [0.1, 0.15) is 32.0 Å². The molecule has 1 aliphatic heterocycles. The third-order valence-corrected chi connectivity index (χ3v) is 3.84. The van der Waals surface area contributed by atoms with E-state index in [9.17, 15) is 0 Å². The highest BCUT2D eigenvalue weighted by Gasteiger charge is 2.18. The normalized spacial score (nSPS) is 17.1. The van der Waals surface area contributed by atoms with E-state index < -0.39 is 0 Å². The number of nitrogens with zero attached hydrogens (tertiary/aromatic N) is 3. The summed E-state index contributed by atoms with van der Waals surface area (Å²) in [6, 6.07) is 4.02. The third-order valence-electron chi connectivity index (χ3n) is 3.84. The van der Waals surface area contributed by atoms with Crippen molar-refractivity contribution in [2.24, 2.45) is 5.92 Å². The largest absolute Gasteiger partial charge is 0.381 e. The van der Waals surface area contributed by atoms with Crippen molar-refractivity contribution >= 4 is 11.2 Å². The number of aromatic nitrogens is 3. The monoisotopic (exact) mass is 259 g/mol. The Morgan fingerprint density at radius 3 is 3.00 bits per heavy atom. The Bertz CT molecular complexity index is 543. The maximum atomic E-state index is 5.43. The summed E-state index contributed by atoms with van der Waals surface area (Å²) < 4.78 is 7.73. The van der Waals surface area contributed by atoms with Crippen molar-refractivity contribution < 1.29 is 4.74 Å². The molecule has 1 aliphatic rings. The molecule has 0 atom stereocenters. The average Bonchev–Trinajstić information content (AvgIpc) is 2.79. The molecule has 0 N–H and O–H groups in total. The maximum Gasteiger partial charge on any atom is 0.159 e. The van der Waals surface area contributed by atoms with Crippen molar-refractivity contribution in [2.45, 2.75) is 39.2 Å². The summed E-state index contributed by atoms with van der Waals surface area (Å²) in [5.74, 6) is 1.91. The Balaban J connectivity index is 1.90. The Hall–Kier alpha value is -1.42. The lowest BCUT2D eigenvalue weighted by Gasteiger charge is -2.21. The molecule has 0 saturated carbocycles. The number of pyridine rings is 1. The van der Waals surface area contributed by atoms with E-state index in [4.69, 9.17) is 9.72 Å². The fourth-order valence-corrected chi connectivity index (χ4v) is 2.83. The number of fused-ring (bicyclic) bond motifs is 1. The van der Waals surface area contributed by atoms with Gasteiger partial charge in [0.25, 0.3) is 0 Å². The summed E-state index contributed by atoms with van der Waals surface area (Å²) in [7, 11) is 0. The minimum Gasteiger partial charge on any atom is -0.381 e. The number of hydrogen-bond donors (Lipinski definition) is 0. The van der Waals surface area contributed by atoms with Crippen LogP contribution in [0.4, 0.5) is 0 Å². The van der Waals surface area contributed by atoms with Gasteiger partial charge in [0.2, 0.25) is 0 Å². The van der Waals surface area contributed by atoms with Crippen LogP contribution in [-0.2, 0) is 17.7 Å². The van der Waals surface area contributed by atoms with Gasteiger partial charge in [0.15, 0.2) is 5.65 Å². The first-order valence-electron chi connectivity index (χ1n) is 7.26. The second kappa shape index (κ2) is 5.70. The molecule has 102 valence electrons. The number of aryl methyl sites for hydroxylation is 1. The smallest absolute Gasteiger partial charge is 0.159 e. The fourth-order valence-electron chi connectivity index (χ4n) is 2.83. The molecule has 1 fully saturated rings. The van der Waals surface area contributed by atoms with Gasteiger partial charge in [0.05, 0.1) is 0 Å². The van der Waals surface area contributed by atoms with E-state index in [1.165, 1.54) is 5.82 Å². The van der Waals surface area contributed by atoms with Crippen molar-refractivity contribution in [1.82, 2.24) is 14.5 Å². The SMILES string of the molecule is CCCn1c(CC2CCOCC2)nc2cccnc21. The lowest BCUT2D eigenvalue weighted by molar-refractivity contribution is 0.0657. The summed E-state index contributed by atoms with van der Waals surface area (Å²) in [4.78, 5) is 9.27. The predicted octanol–water partition coefficient (Wildman–Crippen LogP) is 2.81. The van der Waals surface area contributed by atoms with Gasteiger partial charge in [-0.05, 0) is 37.3 Å². The Morgan fingerprint density at radius 2 is 2.21 bits per heavy atom. The molecule has 0 aromatic carbocycles. The lowest BCUT2D eigenvalue weighted by Crippen LogP contribution is -2.19. The van der Waals surface area contributed by atoms with Crippen LogP contribution in [-0.4, -0.2) is 27.7 Å². The molecule has 0 unspecified atom stereocenters. The minimum absolute atomic E-state index is 0.709. The van der Waals surface area contributed by atoms with Crippen LogP contribution >= 0.6 is 0 Å². The summed E-state index contributed by atoms with van der Waals surface area (Å²) in [6.45, 7) is 5.01. The quantitative estimate of drug-likeness (QED) is 0.847. The molecule has 19 heavy (non-hydrogen) atoms. The van der Waals surface area contributed by atoms with Gasteiger partial charge in [0, 0.05) is 32.4 Å². The van der Waals surface area contributed by atoms with E-state index in [1.807, 2.05) is 12.3 Å². The van der Waals surface area contributed by atoms with Crippen LogP contribution in [0.3, 0.4) is 0 Å². The van der Waals surface area contributed by atoms with Crippen LogP contribution in [0, 0.1) is 5.92 Å². The minimum atomic E-state index is 0.709. The van der Waals surface area contributed by atoms with Crippen molar-refractivity contribution in [3.8, 4) is 0 Å². The second-order valence-electron chi connectivity index (χ2n) is 5.29. The molecule has 2 aromatic rings. The molecule has 0 aliphatic carbocycles. The number of rotatable bonds is 4. The Labute approximate surface area is 113 Å². The molecule has 3 heterocycles. The van der Waals surface area contributed by atoms with Crippen molar-refractivity contribution in [2.75, 3.05) is 13.2 Å². The van der Waals surface area contributed by atoms with Crippen LogP contribution < -0.4 is 0 Å². The fraction of sp³-hybridized carbons (Fsp3) is 0.600. The van der Waals surface area contributed by atoms with E-state index in [0.29, 0.717) is 5.92 Å². The molecule has 0 radical (unpaired) electrons. The average molecular weight is 259 g/mol. The molecule has 4 heteroatoms. The molecule has 0 bridgehead atoms. The zero-order valence-electron chi connectivity index (χ0n) is 11.5. The molecule has 0 spiro atoms. The summed E-state index contributed by atoms with van der Waals surface area (Å²) in [5.41, 5.74) is 2.06. The van der Waals surface area contributed by atoms with Crippen molar-refractivity contribution in [1.29, 1.82) is 0 Å². The van der Waals surface area contributed by atoms with Gasteiger partial charge >= 0.3 is 0 Å². The van der Waals surface area contributed by atoms with Gasteiger partial charge in [-0.1, -0.05) is 6.92 Å². The zero-order chi connectivity index (χ0) is 13.1. The number of imidazole rings is 1. The first-order valence-corrected chi connectivity index (χ1v) is 7.26. The molecule has 2 aromatic heterocycles. The Kier molecular flexibility index (Phi) is 3.78. The van der Waals surface area contributed by atoms with E-state index in [-0.39, 0.29) is 0 Å². The first-order chi connectivity index (χ1) is 9.38. The summed E-state index contributed by atoms with van der Waals surface area (Å²) in [6.07, 6.45) is 6.34. The zero-order valence-corrected chi connectivity index (χ0v) is 11.5. The van der Waals surface area contributed by atoms with Gasteiger partial charge in [-0.2, -0.15) is 0 Å². The lowest BCUT2D eigenvalue weighted by atomic mass is 9.96. The van der Waals surface area contributed by atoms with E-state index >= 15 is 0 Å². The third kappa shape index (κ3) is 2.63. The molecular formula is C15H21N3O. The predicted molar refractivity (Wildman–Crippen MR) is 75.1 cm³/mol. The second-order valence-corrected chi connectivity index (χ2v) is 5.29. The molecule has 4 nitrogen and oxygen atoms in total. The van der Waals surface area contributed by atoms with Crippen LogP contribution in [0.25, 0.3) is 11.2 Å². The molecular weight excluding hydrogens is 238 g/mol. The number of hydrogen-bond acceptors (Lipinski definition) is 3. The Morgan fingerprint density at radius 1 is 1.37 bits per heavy atom. The van der Waals surface area contributed by atoms with Crippen LogP contribution in [0.15, 0.2) is 18.3 Å². The van der Waals surface area contributed by atoms with Crippen molar-refractivity contribution in [3.63, 3.8) is 0 Å². The van der Waals surface area contributed by atoms with Gasteiger partial charge in [-0.25, -0.2) is 9.97 Å². The summed E-state index contributed by atoms with van der Waals surface area (Å²) >= 11 is 0. The highest BCUT2D eigenvalue weighted by Crippen LogP contribution is 2.22. The topological polar surface area (TPSA) is 39.9 Å². The van der Waals surface area contributed by atoms with E-state index in [2.05, 4.69) is 22.5 Å². The van der Waals surface area contributed by atoms with Gasteiger partial charge < -0.3 is 9.30 Å². The van der Waals surface area contributed by atoms with E-state index in [0.717, 1.165) is 56.6 Å². The highest BCUT2D eigenvalue weighted by atomic mass is 16.5. The number of ether oxygens (including phenoxy) is 1. The molecule has 0 amide bonds. The molecule has 3 rings (SSSR count).